The molecule has 0 fully saturated rings. The molecule has 1 aromatic rings. The summed E-state index contributed by atoms with van der Waals surface area (Å²) < 4.78 is 0. The van der Waals surface area contributed by atoms with Gasteiger partial charge in [-0.05, 0) is 39.8 Å². The van der Waals surface area contributed by atoms with E-state index in [1.165, 1.54) is 0 Å². The number of carbonyl (C=O) groups excluding carboxylic acids is 1. The summed E-state index contributed by atoms with van der Waals surface area (Å²) in [4.78, 5) is 14.1. The third kappa shape index (κ3) is 6.06. The van der Waals surface area contributed by atoms with E-state index in [2.05, 4.69) is 43.2 Å². The smallest absolute Gasteiger partial charge is 0.239 e. The number of carbonyl (C=O) groups is 1. The van der Waals surface area contributed by atoms with Crippen LogP contribution in [0.15, 0.2) is 30.3 Å². The third-order valence-corrected chi connectivity index (χ3v) is 3.25. The quantitative estimate of drug-likeness (QED) is 0.766. The van der Waals surface area contributed by atoms with Gasteiger partial charge in [-0.25, -0.2) is 0 Å². The number of rotatable bonds is 8. The van der Waals surface area contributed by atoms with Crippen molar-refractivity contribution in [2.75, 3.05) is 25.0 Å². The topological polar surface area (TPSA) is 44.4 Å². The van der Waals surface area contributed by atoms with Gasteiger partial charge in [0, 0.05) is 30.9 Å². The van der Waals surface area contributed by atoms with Crippen LogP contribution in [0.1, 0.15) is 27.7 Å². The van der Waals surface area contributed by atoms with Gasteiger partial charge in [0.05, 0.1) is 6.54 Å². The van der Waals surface area contributed by atoms with Crippen LogP contribution in [0.5, 0.6) is 0 Å². The molecule has 0 aromatic heterocycles. The highest BCUT2D eigenvalue weighted by Gasteiger charge is 2.12. The van der Waals surface area contributed by atoms with E-state index in [1.807, 2.05) is 30.3 Å². The van der Waals surface area contributed by atoms with Gasteiger partial charge in [-0.3, -0.25) is 9.69 Å². The number of anilines is 1. The Labute approximate surface area is 122 Å². The predicted molar refractivity (Wildman–Crippen MR) is 84.9 cm³/mol. The van der Waals surface area contributed by atoms with E-state index in [4.69, 9.17) is 0 Å². The number of nitrogens with one attached hydrogen (secondary N) is 2. The van der Waals surface area contributed by atoms with Crippen LogP contribution in [0, 0.1) is 0 Å². The molecule has 2 N–H and O–H groups in total. The van der Waals surface area contributed by atoms with Crippen molar-refractivity contribution in [3.05, 3.63) is 30.3 Å². The highest BCUT2D eigenvalue weighted by atomic mass is 16.1. The lowest BCUT2D eigenvalue weighted by Crippen LogP contribution is -2.43. The van der Waals surface area contributed by atoms with Gasteiger partial charge >= 0.3 is 0 Å². The maximum atomic E-state index is 11.7. The molecule has 112 valence electrons. The first-order valence-corrected chi connectivity index (χ1v) is 7.32. The average Bonchev–Trinajstić information content (AvgIpc) is 2.41. The Morgan fingerprint density at radius 1 is 1.10 bits per heavy atom. The third-order valence-electron chi connectivity index (χ3n) is 3.25. The van der Waals surface area contributed by atoms with E-state index < -0.39 is 0 Å². The second-order valence-electron chi connectivity index (χ2n) is 5.49. The van der Waals surface area contributed by atoms with E-state index in [-0.39, 0.29) is 5.91 Å². The van der Waals surface area contributed by atoms with Crippen molar-refractivity contribution in [3.63, 3.8) is 0 Å². The van der Waals surface area contributed by atoms with Gasteiger partial charge in [0.1, 0.15) is 0 Å². The molecule has 1 rings (SSSR count). The minimum Gasteiger partial charge on any atom is -0.376 e. The summed E-state index contributed by atoms with van der Waals surface area (Å²) in [5, 5.41) is 6.05. The molecule has 0 bridgehead atoms. The normalized spacial score (nSPS) is 11.2. The van der Waals surface area contributed by atoms with Gasteiger partial charge in [-0.1, -0.05) is 18.2 Å². The van der Waals surface area contributed by atoms with E-state index in [1.54, 1.807) is 0 Å². The average molecular weight is 277 g/mol. The zero-order valence-corrected chi connectivity index (χ0v) is 13.0. The van der Waals surface area contributed by atoms with Gasteiger partial charge in [0.15, 0.2) is 0 Å². The molecular formula is C16H27N3O. The zero-order valence-electron chi connectivity index (χ0n) is 13.0. The lowest BCUT2D eigenvalue weighted by Gasteiger charge is -2.30. The van der Waals surface area contributed by atoms with Crippen LogP contribution in [-0.4, -0.2) is 42.5 Å². The van der Waals surface area contributed by atoms with E-state index in [0.717, 1.165) is 12.2 Å². The van der Waals surface area contributed by atoms with Gasteiger partial charge in [0.25, 0.3) is 0 Å². The number of nitrogens with zero attached hydrogens (tertiary/aromatic N) is 1. The molecule has 1 aromatic carbocycles. The van der Waals surface area contributed by atoms with E-state index >= 15 is 0 Å². The fraction of sp³-hybridized carbons (Fsp3) is 0.562. The first-order chi connectivity index (χ1) is 9.50. The van der Waals surface area contributed by atoms with Gasteiger partial charge in [-0.2, -0.15) is 0 Å². The summed E-state index contributed by atoms with van der Waals surface area (Å²) >= 11 is 0. The molecule has 0 unspecified atom stereocenters. The number of hydrogen-bond donors (Lipinski definition) is 2. The van der Waals surface area contributed by atoms with E-state index in [0.29, 0.717) is 25.2 Å². The summed E-state index contributed by atoms with van der Waals surface area (Å²) in [5.41, 5.74) is 0.966. The standard InChI is InChI=1S/C16H27N3O/c1-13(2)19(14(3)4)11-10-17-16(20)12-18-15-8-6-5-7-9-15/h5-9,13-14,18H,10-12H2,1-4H3,(H,17,20). The Balaban J connectivity index is 2.23. The van der Waals surface area contributed by atoms with E-state index in [9.17, 15) is 4.79 Å². The molecule has 0 atom stereocenters. The van der Waals surface area contributed by atoms with Crippen molar-refractivity contribution in [1.29, 1.82) is 0 Å². The fourth-order valence-corrected chi connectivity index (χ4v) is 2.24. The van der Waals surface area contributed by atoms with Crippen molar-refractivity contribution in [2.24, 2.45) is 0 Å². The first-order valence-electron chi connectivity index (χ1n) is 7.32. The van der Waals surface area contributed by atoms with Crippen molar-refractivity contribution in [3.8, 4) is 0 Å². The molecule has 0 aliphatic carbocycles. The molecule has 0 spiro atoms. The van der Waals surface area contributed by atoms with Gasteiger partial charge in [0.2, 0.25) is 5.91 Å². The van der Waals surface area contributed by atoms with Crippen LogP contribution in [0.2, 0.25) is 0 Å². The lowest BCUT2D eigenvalue weighted by molar-refractivity contribution is -0.119. The summed E-state index contributed by atoms with van der Waals surface area (Å²) in [6, 6.07) is 10.7. The Kier molecular flexibility index (Phi) is 7.09. The maximum Gasteiger partial charge on any atom is 0.239 e. The molecule has 0 saturated carbocycles. The van der Waals surface area contributed by atoms with Crippen LogP contribution < -0.4 is 10.6 Å². The summed E-state index contributed by atoms with van der Waals surface area (Å²) in [6.45, 7) is 10.6. The minimum absolute atomic E-state index is 0.0290. The Bertz CT molecular complexity index is 382. The Morgan fingerprint density at radius 2 is 1.70 bits per heavy atom. The number of para-hydroxylation sites is 1. The van der Waals surface area contributed by atoms with Gasteiger partial charge in [-0.15, -0.1) is 0 Å². The van der Waals surface area contributed by atoms with Crippen LogP contribution in [-0.2, 0) is 4.79 Å². The predicted octanol–water partition coefficient (Wildman–Crippen LogP) is 2.33. The molecule has 0 saturated heterocycles. The summed E-state index contributed by atoms with van der Waals surface area (Å²) in [6.07, 6.45) is 0. The lowest BCUT2D eigenvalue weighted by atomic mass is 10.2. The van der Waals surface area contributed by atoms with Crippen LogP contribution >= 0.6 is 0 Å². The highest BCUT2D eigenvalue weighted by molar-refractivity contribution is 5.80. The van der Waals surface area contributed by atoms with Gasteiger partial charge < -0.3 is 10.6 Å². The zero-order chi connectivity index (χ0) is 15.0. The van der Waals surface area contributed by atoms with Crippen molar-refractivity contribution >= 4 is 11.6 Å². The number of benzene rings is 1. The molecular weight excluding hydrogens is 250 g/mol. The SMILES string of the molecule is CC(C)N(CCNC(=O)CNc1ccccc1)C(C)C. The largest absolute Gasteiger partial charge is 0.376 e. The molecule has 4 heteroatoms. The van der Waals surface area contributed by atoms with Crippen molar-refractivity contribution < 1.29 is 4.79 Å². The summed E-state index contributed by atoms with van der Waals surface area (Å²) in [5.74, 6) is 0.0290. The first kappa shape index (κ1) is 16.5. The monoisotopic (exact) mass is 277 g/mol. The molecule has 0 heterocycles. The van der Waals surface area contributed by atoms with Crippen LogP contribution in [0.25, 0.3) is 0 Å². The highest BCUT2D eigenvalue weighted by Crippen LogP contribution is 2.04. The molecule has 0 radical (unpaired) electrons. The van der Waals surface area contributed by atoms with Crippen molar-refractivity contribution in [1.82, 2.24) is 10.2 Å². The summed E-state index contributed by atoms with van der Waals surface area (Å²) in [7, 11) is 0. The molecule has 0 aliphatic heterocycles. The Hall–Kier alpha value is -1.55. The maximum absolute atomic E-state index is 11.7. The fourth-order valence-electron chi connectivity index (χ4n) is 2.24. The minimum atomic E-state index is 0.0290. The Morgan fingerprint density at radius 3 is 2.25 bits per heavy atom. The van der Waals surface area contributed by atoms with Crippen LogP contribution in [0.4, 0.5) is 5.69 Å². The molecule has 0 aliphatic rings. The number of amides is 1. The second kappa shape index (κ2) is 8.59. The molecule has 1 amide bonds. The van der Waals surface area contributed by atoms with Crippen molar-refractivity contribution in [2.45, 2.75) is 39.8 Å². The van der Waals surface area contributed by atoms with Crippen LogP contribution in [0.3, 0.4) is 0 Å². The molecule has 4 nitrogen and oxygen atoms in total. The second-order valence-corrected chi connectivity index (χ2v) is 5.49. The number of hydrogen-bond acceptors (Lipinski definition) is 3. The molecule has 20 heavy (non-hydrogen) atoms.